The number of para-hydroxylation sites is 1. The quantitative estimate of drug-likeness (QED) is 0.856. The SMILES string of the molecule is c1ccc(ON2CCOCC2Cc2cccs2)cc1. The third kappa shape index (κ3) is 3.35. The molecule has 0 radical (unpaired) electrons. The van der Waals surface area contributed by atoms with Gasteiger partial charge < -0.3 is 9.57 Å². The van der Waals surface area contributed by atoms with Crippen molar-refractivity contribution in [1.29, 1.82) is 0 Å². The van der Waals surface area contributed by atoms with Crippen LogP contribution in [0.5, 0.6) is 5.75 Å². The van der Waals surface area contributed by atoms with Crippen LogP contribution < -0.4 is 4.84 Å². The third-order valence-electron chi connectivity index (χ3n) is 3.16. The first-order valence-electron chi connectivity index (χ1n) is 6.51. The molecule has 1 atom stereocenters. The first-order chi connectivity index (χ1) is 9.42. The fourth-order valence-electron chi connectivity index (χ4n) is 2.20. The number of thiophene rings is 1. The van der Waals surface area contributed by atoms with Crippen LogP contribution in [0.2, 0.25) is 0 Å². The summed E-state index contributed by atoms with van der Waals surface area (Å²) in [5.74, 6) is 0.889. The van der Waals surface area contributed by atoms with Crippen LogP contribution in [0, 0.1) is 0 Å². The standard InChI is InChI=1S/C15H17NO2S/c1-2-5-14(6-3-1)18-16-8-9-17-12-13(16)11-15-7-4-10-19-15/h1-7,10,13H,8-9,11-12H2. The first-order valence-corrected chi connectivity index (χ1v) is 7.39. The molecule has 100 valence electrons. The molecule has 3 rings (SSSR count). The molecule has 3 nitrogen and oxygen atoms in total. The Morgan fingerprint density at radius 2 is 2.11 bits per heavy atom. The number of morpholine rings is 1. The molecule has 4 heteroatoms. The van der Waals surface area contributed by atoms with Crippen molar-refractivity contribution in [3.8, 4) is 5.75 Å². The van der Waals surface area contributed by atoms with E-state index in [-0.39, 0.29) is 6.04 Å². The van der Waals surface area contributed by atoms with Crippen LogP contribution in [0.3, 0.4) is 0 Å². The normalized spacial score (nSPS) is 20.3. The number of nitrogens with zero attached hydrogens (tertiary/aromatic N) is 1. The fourth-order valence-corrected chi connectivity index (χ4v) is 2.98. The van der Waals surface area contributed by atoms with Crippen molar-refractivity contribution in [2.75, 3.05) is 19.8 Å². The average Bonchev–Trinajstić information content (AvgIpc) is 2.95. The number of hydrogen-bond acceptors (Lipinski definition) is 4. The monoisotopic (exact) mass is 275 g/mol. The van der Waals surface area contributed by atoms with Gasteiger partial charge in [0.05, 0.1) is 25.8 Å². The van der Waals surface area contributed by atoms with Crippen LogP contribution in [0.4, 0.5) is 0 Å². The minimum absolute atomic E-state index is 0.285. The zero-order valence-electron chi connectivity index (χ0n) is 10.7. The van der Waals surface area contributed by atoms with Crippen molar-refractivity contribution in [3.05, 3.63) is 52.7 Å². The van der Waals surface area contributed by atoms with Crippen LogP contribution in [0.1, 0.15) is 4.88 Å². The van der Waals surface area contributed by atoms with Gasteiger partial charge in [0, 0.05) is 11.3 Å². The second-order valence-electron chi connectivity index (χ2n) is 4.56. The average molecular weight is 275 g/mol. The molecule has 0 N–H and O–H groups in total. The van der Waals surface area contributed by atoms with Gasteiger partial charge in [-0.3, -0.25) is 0 Å². The molecule has 1 saturated heterocycles. The molecule has 1 aromatic heterocycles. The van der Waals surface area contributed by atoms with Gasteiger partial charge in [0.15, 0.2) is 0 Å². The molecule has 1 aliphatic rings. The van der Waals surface area contributed by atoms with E-state index in [1.54, 1.807) is 11.3 Å². The van der Waals surface area contributed by atoms with E-state index in [1.165, 1.54) is 4.88 Å². The van der Waals surface area contributed by atoms with Gasteiger partial charge in [-0.05, 0) is 23.6 Å². The maximum atomic E-state index is 5.97. The number of hydroxylamine groups is 2. The van der Waals surface area contributed by atoms with E-state index >= 15 is 0 Å². The molecule has 1 aliphatic heterocycles. The van der Waals surface area contributed by atoms with Crippen molar-refractivity contribution in [2.24, 2.45) is 0 Å². The maximum Gasteiger partial charge on any atom is 0.147 e. The lowest BCUT2D eigenvalue weighted by Gasteiger charge is -2.34. The largest absolute Gasteiger partial charge is 0.406 e. The predicted octanol–water partition coefficient (Wildman–Crippen LogP) is 2.99. The van der Waals surface area contributed by atoms with Gasteiger partial charge in [-0.1, -0.05) is 24.3 Å². The molecular weight excluding hydrogens is 258 g/mol. The Labute approximate surface area is 117 Å². The van der Waals surface area contributed by atoms with E-state index in [0.29, 0.717) is 0 Å². The zero-order chi connectivity index (χ0) is 12.9. The Hall–Kier alpha value is -1.36. The van der Waals surface area contributed by atoms with Gasteiger partial charge in [0.25, 0.3) is 0 Å². The van der Waals surface area contributed by atoms with E-state index < -0.39 is 0 Å². The summed E-state index contributed by atoms with van der Waals surface area (Å²) >= 11 is 1.79. The van der Waals surface area contributed by atoms with Gasteiger partial charge in [-0.15, -0.1) is 16.4 Å². The van der Waals surface area contributed by atoms with Crippen molar-refractivity contribution in [2.45, 2.75) is 12.5 Å². The van der Waals surface area contributed by atoms with Gasteiger partial charge in [0.1, 0.15) is 5.75 Å². The Balaban J connectivity index is 1.67. The van der Waals surface area contributed by atoms with Gasteiger partial charge >= 0.3 is 0 Å². The molecule has 2 heterocycles. The zero-order valence-corrected chi connectivity index (χ0v) is 11.5. The van der Waals surface area contributed by atoms with E-state index in [2.05, 4.69) is 22.6 Å². The second-order valence-corrected chi connectivity index (χ2v) is 5.59. The topological polar surface area (TPSA) is 21.7 Å². The van der Waals surface area contributed by atoms with Gasteiger partial charge in [-0.2, -0.15) is 0 Å². The molecule has 0 saturated carbocycles. The molecule has 1 aromatic carbocycles. The maximum absolute atomic E-state index is 5.97. The van der Waals surface area contributed by atoms with Crippen LogP contribution in [0.25, 0.3) is 0 Å². The molecular formula is C15H17NO2S. The van der Waals surface area contributed by atoms with Crippen molar-refractivity contribution in [3.63, 3.8) is 0 Å². The van der Waals surface area contributed by atoms with Gasteiger partial charge in [-0.25, -0.2) is 0 Å². The molecule has 1 unspecified atom stereocenters. The highest BCUT2D eigenvalue weighted by molar-refractivity contribution is 7.09. The minimum Gasteiger partial charge on any atom is -0.406 e. The summed E-state index contributed by atoms with van der Waals surface area (Å²) < 4.78 is 5.58. The molecule has 0 aliphatic carbocycles. The lowest BCUT2D eigenvalue weighted by atomic mass is 10.1. The lowest BCUT2D eigenvalue weighted by Crippen LogP contribution is -2.48. The Morgan fingerprint density at radius 3 is 2.89 bits per heavy atom. The van der Waals surface area contributed by atoms with Crippen molar-refractivity contribution < 1.29 is 9.57 Å². The smallest absolute Gasteiger partial charge is 0.147 e. The second kappa shape index (κ2) is 6.19. The number of hydrogen-bond donors (Lipinski definition) is 0. The van der Waals surface area contributed by atoms with Crippen LogP contribution in [0.15, 0.2) is 47.8 Å². The Morgan fingerprint density at radius 1 is 1.21 bits per heavy atom. The van der Waals surface area contributed by atoms with Crippen LogP contribution >= 0.6 is 11.3 Å². The highest BCUT2D eigenvalue weighted by Gasteiger charge is 2.25. The number of ether oxygens (including phenoxy) is 1. The number of rotatable bonds is 4. The summed E-state index contributed by atoms with van der Waals surface area (Å²) in [5.41, 5.74) is 0. The lowest BCUT2D eigenvalue weighted by molar-refractivity contribution is -0.156. The van der Waals surface area contributed by atoms with Crippen molar-refractivity contribution in [1.82, 2.24) is 5.06 Å². The van der Waals surface area contributed by atoms with E-state index in [9.17, 15) is 0 Å². The van der Waals surface area contributed by atoms with E-state index in [1.807, 2.05) is 30.3 Å². The van der Waals surface area contributed by atoms with E-state index in [0.717, 1.165) is 31.9 Å². The summed E-state index contributed by atoms with van der Waals surface area (Å²) in [6.45, 7) is 2.27. The first kappa shape index (κ1) is 12.7. The van der Waals surface area contributed by atoms with E-state index in [4.69, 9.17) is 9.57 Å². The summed E-state index contributed by atoms with van der Waals surface area (Å²) in [6, 6.07) is 14.5. The highest BCUT2D eigenvalue weighted by atomic mass is 32.1. The molecule has 0 spiro atoms. The Kier molecular flexibility index (Phi) is 4.13. The summed E-state index contributed by atoms with van der Waals surface area (Å²) in [5, 5.41) is 4.17. The molecule has 2 aromatic rings. The fraction of sp³-hybridized carbons (Fsp3) is 0.333. The molecule has 0 bridgehead atoms. The van der Waals surface area contributed by atoms with Crippen LogP contribution in [-0.2, 0) is 11.2 Å². The summed E-state index contributed by atoms with van der Waals surface area (Å²) in [6.07, 6.45) is 0.977. The summed E-state index contributed by atoms with van der Waals surface area (Å²) in [7, 11) is 0. The molecule has 0 amide bonds. The highest BCUT2D eigenvalue weighted by Crippen LogP contribution is 2.19. The third-order valence-corrected chi connectivity index (χ3v) is 4.06. The Bertz CT molecular complexity index is 486. The van der Waals surface area contributed by atoms with Gasteiger partial charge in [0.2, 0.25) is 0 Å². The van der Waals surface area contributed by atoms with Crippen molar-refractivity contribution >= 4 is 11.3 Å². The van der Waals surface area contributed by atoms with Crippen LogP contribution in [-0.4, -0.2) is 30.9 Å². The minimum atomic E-state index is 0.285. The summed E-state index contributed by atoms with van der Waals surface area (Å²) in [4.78, 5) is 7.35. The predicted molar refractivity (Wildman–Crippen MR) is 76.4 cm³/mol. The molecule has 19 heavy (non-hydrogen) atoms. The number of benzene rings is 1. The molecule has 1 fully saturated rings.